The van der Waals surface area contributed by atoms with E-state index in [-0.39, 0.29) is 11.5 Å². The summed E-state index contributed by atoms with van der Waals surface area (Å²) in [5, 5.41) is 3.13. The number of piperidine rings is 1. The Bertz CT molecular complexity index is 324. The Morgan fingerprint density at radius 1 is 1.53 bits per heavy atom. The molecule has 2 atom stereocenters. The molecule has 82 valence electrons. The molecule has 1 aromatic rings. The molecule has 1 aliphatic rings. The van der Waals surface area contributed by atoms with Gasteiger partial charge in [0, 0.05) is 24.2 Å². The predicted octanol–water partition coefficient (Wildman–Crippen LogP) is 2.23. The number of nitrogens with zero attached hydrogens (tertiary/aromatic N) is 1. The first kappa shape index (κ1) is 10.5. The summed E-state index contributed by atoms with van der Waals surface area (Å²) in [6, 6.07) is 1.43. The lowest BCUT2D eigenvalue weighted by atomic mass is 9.91. The van der Waals surface area contributed by atoms with Gasteiger partial charge in [-0.25, -0.2) is 8.78 Å². The van der Waals surface area contributed by atoms with E-state index in [0.29, 0.717) is 6.54 Å². The summed E-state index contributed by atoms with van der Waals surface area (Å²) in [5.74, 6) is -0.661. The number of rotatable bonds is 2. The molecule has 15 heavy (non-hydrogen) atoms. The van der Waals surface area contributed by atoms with Crippen LogP contribution in [0.2, 0.25) is 0 Å². The van der Waals surface area contributed by atoms with Crippen molar-refractivity contribution in [3.63, 3.8) is 0 Å². The van der Waals surface area contributed by atoms with Crippen molar-refractivity contribution in [1.29, 1.82) is 0 Å². The number of nitrogens with one attached hydrogen (secondary N) is 1. The molecule has 1 aromatic heterocycles. The van der Waals surface area contributed by atoms with Gasteiger partial charge in [0.15, 0.2) is 0 Å². The molecule has 2 unspecified atom stereocenters. The molecule has 1 fully saturated rings. The van der Waals surface area contributed by atoms with Crippen molar-refractivity contribution >= 4 is 0 Å². The second-order valence-corrected chi connectivity index (χ2v) is 3.91. The van der Waals surface area contributed by atoms with Crippen LogP contribution in [0.15, 0.2) is 18.5 Å². The van der Waals surface area contributed by atoms with E-state index in [1.165, 1.54) is 12.3 Å². The van der Waals surface area contributed by atoms with Crippen molar-refractivity contribution in [2.24, 2.45) is 5.92 Å². The highest BCUT2D eigenvalue weighted by Crippen LogP contribution is 2.31. The first-order chi connectivity index (χ1) is 7.29. The van der Waals surface area contributed by atoms with Gasteiger partial charge in [0.1, 0.15) is 12.0 Å². The largest absolute Gasteiger partial charge is 0.316 e. The third-order valence-corrected chi connectivity index (χ3v) is 2.85. The van der Waals surface area contributed by atoms with Gasteiger partial charge in [-0.3, -0.25) is 4.98 Å². The van der Waals surface area contributed by atoms with Crippen LogP contribution in [0.3, 0.4) is 0 Å². The zero-order valence-electron chi connectivity index (χ0n) is 8.42. The summed E-state index contributed by atoms with van der Waals surface area (Å²) in [4.78, 5) is 3.62. The Morgan fingerprint density at radius 2 is 2.40 bits per heavy atom. The van der Waals surface area contributed by atoms with Crippen LogP contribution in [-0.2, 0) is 0 Å². The van der Waals surface area contributed by atoms with Crippen LogP contribution in [0.1, 0.15) is 24.6 Å². The van der Waals surface area contributed by atoms with E-state index in [4.69, 9.17) is 0 Å². The number of aromatic nitrogens is 1. The first-order valence-electron chi connectivity index (χ1n) is 5.23. The molecule has 1 saturated heterocycles. The fourth-order valence-electron chi connectivity index (χ4n) is 1.99. The van der Waals surface area contributed by atoms with E-state index in [1.807, 2.05) is 0 Å². The van der Waals surface area contributed by atoms with Crippen LogP contribution in [-0.4, -0.2) is 18.1 Å². The van der Waals surface area contributed by atoms with Crippen molar-refractivity contribution in [3.8, 4) is 0 Å². The highest BCUT2D eigenvalue weighted by atomic mass is 19.1. The van der Waals surface area contributed by atoms with Crippen LogP contribution in [0.5, 0.6) is 0 Å². The minimum atomic E-state index is -1.22. The third-order valence-electron chi connectivity index (χ3n) is 2.85. The molecule has 0 saturated carbocycles. The molecule has 0 aliphatic carbocycles. The summed E-state index contributed by atoms with van der Waals surface area (Å²) in [6.45, 7) is 1.56. The molecule has 1 N–H and O–H groups in total. The average Bonchev–Trinajstić information content (AvgIpc) is 2.30. The third kappa shape index (κ3) is 2.31. The van der Waals surface area contributed by atoms with Crippen LogP contribution in [0.4, 0.5) is 8.78 Å². The fourth-order valence-corrected chi connectivity index (χ4v) is 1.99. The first-order valence-corrected chi connectivity index (χ1v) is 5.23. The van der Waals surface area contributed by atoms with Gasteiger partial charge >= 0.3 is 0 Å². The van der Waals surface area contributed by atoms with Crippen molar-refractivity contribution < 1.29 is 8.78 Å². The zero-order valence-corrected chi connectivity index (χ0v) is 8.42. The quantitative estimate of drug-likeness (QED) is 0.813. The SMILES string of the molecule is Fc1cnccc1C(F)C1CCCNC1. The van der Waals surface area contributed by atoms with Gasteiger partial charge < -0.3 is 5.32 Å². The number of hydrogen-bond acceptors (Lipinski definition) is 2. The van der Waals surface area contributed by atoms with E-state index in [1.54, 1.807) is 0 Å². The highest BCUT2D eigenvalue weighted by molar-refractivity contribution is 5.16. The Kier molecular flexibility index (Phi) is 3.26. The topological polar surface area (TPSA) is 24.9 Å². The van der Waals surface area contributed by atoms with Gasteiger partial charge in [-0.05, 0) is 25.5 Å². The van der Waals surface area contributed by atoms with E-state index < -0.39 is 12.0 Å². The van der Waals surface area contributed by atoms with Gasteiger partial charge in [-0.15, -0.1) is 0 Å². The van der Waals surface area contributed by atoms with Gasteiger partial charge in [0.2, 0.25) is 0 Å². The van der Waals surface area contributed by atoms with E-state index in [0.717, 1.165) is 25.6 Å². The zero-order chi connectivity index (χ0) is 10.7. The van der Waals surface area contributed by atoms with Crippen molar-refractivity contribution in [2.45, 2.75) is 19.0 Å². The molecule has 0 aromatic carbocycles. The van der Waals surface area contributed by atoms with Crippen molar-refractivity contribution in [2.75, 3.05) is 13.1 Å². The Balaban J connectivity index is 2.12. The number of pyridine rings is 1. The highest BCUT2D eigenvalue weighted by Gasteiger charge is 2.26. The lowest BCUT2D eigenvalue weighted by Gasteiger charge is -2.26. The van der Waals surface area contributed by atoms with E-state index >= 15 is 0 Å². The monoisotopic (exact) mass is 212 g/mol. The molecule has 2 rings (SSSR count). The lowest BCUT2D eigenvalue weighted by molar-refractivity contribution is 0.190. The maximum Gasteiger partial charge on any atom is 0.147 e. The molecule has 2 nitrogen and oxygen atoms in total. The van der Waals surface area contributed by atoms with Gasteiger partial charge in [0.05, 0.1) is 6.20 Å². The molecular formula is C11H14F2N2. The normalized spacial score (nSPS) is 23.7. The van der Waals surface area contributed by atoms with Crippen molar-refractivity contribution in [1.82, 2.24) is 10.3 Å². The Morgan fingerprint density at radius 3 is 3.07 bits per heavy atom. The predicted molar refractivity (Wildman–Crippen MR) is 53.6 cm³/mol. The Hall–Kier alpha value is -1.03. The smallest absolute Gasteiger partial charge is 0.147 e. The van der Waals surface area contributed by atoms with Gasteiger partial charge in [-0.1, -0.05) is 0 Å². The standard InChI is InChI=1S/C11H14F2N2/c12-10-7-15-5-3-9(10)11(13)8-2-1-4-14-6-8/h3,5,7-8,11,14H,1-2,4,6H2. The van der Waals surface area contributed by atoms with E-state index in [2.05, 4.69) is 10.3 Å². The van der Waals surface area contributed by atoms with Crippen LogP contribution >= 0.6 is 0 Å². The summed E-state index contributed by atoms with van der Waals surface area (Å²) in [5.41, 5.74) is 0.138. The van der Waals surface area contributed by atoms with Gasteiger partial charge in [-0.2, -0.15) is 0 Å². The molecule has 2 heterocycles. The molecule has 4 heteroatoms. The number of halogens is 2. The Labute approximate surface area is 87.7 Å². The molecule has 1 aliphatic heterocycles. The second-order valence-electron chi connectivity index (χ2n) is 3.91. The molecule has 0 radical (unpaired) electrons. The number of alkyl halides is 1. The van der Waals surface area contributed by atoms with E-state index in [9.17, 15) is 8.78 Å². The second kappa shape index (κ2) is 4.66. The summed E-state index contributed by atoms with van der Waals surface area (Å²) < 4.78 is 27.2. The summed E-state index contributed by atoms with van der Waals surface area (Å²) in [7, 11) is 0. The van der Waals surface area contributed by atoms with Gasteiger partial charge in [0.25, 0.3) is 0 Å². The minimum Gasteiger partial charge on any atom is -0.316 e. The average molecular weight is 212 g/mol. The van der Waals surface area contributed by atoms with Crippen LogP contribution in [0.25, 0.3) is 0 Å². The summed E-state index contributed by atoms with van der Waals surface area (Å²) >= 11 is 0. The van der Waals surface area contributed by atoms with Crippen molar-refractivity contribution in [3.05, 3.63) is 29.8 Å². The van der Waals surface area contributed by atoms with Crippen LogP contribution in [0, 0.1) is 11.7 Å². The molecule has 0 bridgehead atoms. The molecular weight excluding hydrogens is 198 g/mol. The number of hydrogen-bond donors (Lipinski definition) is 1. The maximum atomic E-state index is 14.0. The fraction of sp³-hybridized carbons (Fsp3) is 0.545. The van der Waals surface area contributed by atoms with Crippen LogP contribution < -0.4 is 5.32 Å². The minimum absolute atomic E-state index is 0.115. The lowest BCUT2D eigenvalue weighted by Crippen LogP contribution is -2.32. The molecule has 0 amide bonds. The summed E-state index contributed by atoms with van der Waals surface area (Å²) in [6.07, 6.45) is 3.05. The maximum absolute atomic E-state index is 14.0. The molecule has 0 spiro atoms.